The van der Waals surface area contributed by atoms with Crippen LogP contribution in [0.3, 0.4) is 0 Å². The van der Waals surface area contributed by atoms with Crippen LogP contribution in [0, 0.1) is 0 Å². The Morgan fingerprint density at radius 2 is 2.00 bits per heavy atom. The highest BCUT2D eigenvalue weighted by molar-refractivity contribution is 5.82. The van der Waals surface area contributed by atoms with Crippen LogP contribution in [-0.4, -0.2) is 10.1 Å². The first-order valence-corrected chi connectivity index (χ1v) is 5.22. The van der Waals surface area contributed by atoms with E-state index in [1.165, 1.54) is 10.9 Å². The molecule has 15 heavy (non-hydrogen) atoms. The van der Waals surface area contributed by atoms with Crippen LogP contribution in [0.1, 0.15) is 31.0 Å². The zero-order valence-electron chi connectivity index (χ0n) is 9.07. The number of aromatic nitrogens is 1. The Balaban J connectivity index is 2.74. The van der Waals surface area contributed by atoms with Gasteiger partial charge in [0, 0.05) is 5.39 Å². The molecular weight excluding hydrogens is 186 g/mol. The summed E-state index contributed by atoms with van der Waals surface area (Å²) in [6.07, 6.45) is 0. The first-order valence-electron chi connectivity index (χ1n) is 5.22. The van der Waals surface area contributed by atoms with E-state index < -0.39 is 0 Å². The molecule has 2 rings (SSSR count). The molecule has 0 aliphatic rings. The van der Waals surface area contributed by atoms with Crippen molar-refractivity contribution in [2.45, 2.75) is 26.4 Å². The molecule has 0 amide bonds. The van der Waals surface area contributed by atoms with Crippen LogP contribution in [0.5, 0.6) is 0 Å². The van der Waals surface area contributed by atoms with Gasteiger partial charge in [-0.1, -0.05) is 32.0 Å². The zero-order valence-corrected chi connectivity index (χ0v) is 9.07. The molecule has 0 spiro atoms. The molecule has 2 aromatic rings. The average Bonchev–Trinajstić information content (AvgIpc) is 2.27. The van der Waals surface area contributed by atoms with Crippen molar-refractivity contribution >= 4 is 10.9 Å². The maximum atomic E-state index is 9.14. The maximum absolute atomic E-state index is 9.14. The molecule has 78 valence electrons. The molecule has 0 aliphatic carbocycles. The van der Waals surface area contributed by atoms with E-state index in [0.717, 1.165) is 11.2 Å². The number of pyridine rings is 1. The van der Waals surface area contributed by atoms with Gasteiger partial charge in [-0.15, -0.1) is 0 Å². The summed E-state index contributed by atoms with van der Waals surface area (Å²) in [5.74, 6) is 0.447. The van der Waals surface area contributed by atoms with E-state index >= 15 is 0 Å². The van der Waals surface area contributed by atoms with E-state index in [-0.39, 0.29) is 6.61 Å². The molecular formula is C13H15NO. The summed E-state index contributed by atoms with van der Waals surface area (Å²) in [5, 5.41) is 10.3. The lowest BCUT2D eigenvalue weighted by molar-refractivity contribution is 0.277. The van der Waals surface area contributed by atoms with Gasteiger partial charge in [-0.25, -0.2) is 0 Å². The number of nitrogens with zero attached hydrogens (tertiary/aromatic N) is 1. The van der Waals surface area contributed by atoms with Gasteiger partial charge in [-0.3, -0.25) is 4.98 Å². The number of aliphatic hydroxyl groups excluding tert-OH is 1. The van der Waals surface area contributed by atoms with Crippen molar-refractivity contribution in [1.29, 1.82) is 0 Å². The first-order chi connectivity index (χ1) is 7.22. The molecule has 1 aromatic heterocycles. The lowest BCUT2D eigenvalue weighted by Gasteiger charge is -2.11. The zero-order chi connectivity index (χ0) is 10.8. The molecule has 0 bridgehead atoms. The highest BCUT2D eigenvalue weighted by atomic mass is 16.3. The van der Waals surface area contributed by atoms with E-state index in [0.29, 0.717) is 5.92 Å². The molecule has 0 saturated heterocycles. The van der Waals surface area contributed by atoms with Crippen molar-refractivity contribution in [3.05, 3.63) is 41.6 Å². The van der Waals surface area contributed by atoms with Crippen LogP contribution in [0.15, 0.2) is 30.3 Å². The third kappa shape index (κ3) is 1.85. The van der Waals surface area contributed by atoms with Gasteiger partial charge in [0.15, 0.2) is 0 Å². The molecule has 2 heteroatoms. The van der Waals surface area contributed by atoms with Gasteiger partial charge in [0.05, 0.1) is 17.8 Å². The third-order valence-electron chi connectivity index (χ3n) is 2.59. The Labute approximate surface area is 89.6 Å². The van der Waals surface area contributed by atoms with Crippen molar-refractivity contribution < 1.29 is 5.11 Å². The van der Waals surface area contributed by atoms with Gasteiger partial charge in [-0.05, 0) is 23.6 Å². The van der Waals surface area contributed by atoms with Crippen molar-refractivity contribution in [2.24, 2.45) is 0 Å². The van der Waals surface area contributed by atoms with Crippen LogP contribution >= 0.6 is 0 Å². The second-order valence-corrected chi connectivity index (χ2v) is 4.03. The Morgan fingerprint density at radius 1 is 1.27 bits per heavy atom. The Kier molecular flexibility index (Phi) is 2.69. The standard InChI is InChI=1S/C13H15NO/c1-9(2)12-7-10(8-15)14-13-6-4-3-5-11(12)13/h3-7,9,15H,8H2,1-2H3. The second-order valence-electron chi connectivity index (χ2n) is 4.03. The third-order valence-corrected chi connectivity index (χ3v) is 2.59. The van der Waals surface area contributed by atoms with Crippen molar-refractivity contribution in [3.8, 4) is 0 Å². The number of para-hydroxylation sites is 1. The molecule has 0 aliphatic heterocycles. The summed E-state index contributed by atoms with van der Waals surface area (Å²) in [6, 6.07) is 10.1. The van der Waals surface area contributed by atoms with Gasteiger partial charge in [0.25, 0.3) is 0 Å². The molecule has 0 atom stereocenters. The normalized spacial score (nSPS) is 11.2. The van der Waals surface area contributed by atoms with Crippen molar-refractivity contribution in [2.75, 3.05) is 0 Å². The number of hydrogen-bond donors (Lipinski definition) is 1. The first kappa shape index (κ1) is 10.1. The largest absolute Gasteiger partial charge is 0.390 e. The van der Waals surface area contributed by atoms with E-state index in [4.69, 9.17) is 5.11 Å². The van der Waals surface area contributed by atoms with Gasteiger partial charge in [0.2, 0.25) is 0 Å². The molecule has 1 aromatic carbocycles. The SMILES string of the molecule is CC(C)c1cc(CO)nc2ccccc12. The van der Waals surface area contributed by atoms with Crippen molar-refractivity contribution in [1.82, 2.24) is 4.98 Å². The number of rotatable bonds is 2. The summed E-state index contributed by atoms with van der Waals surface area (Å²) >= 11 is 0. The second kappa shape index (κ2) is 3.99. The lowest BCUT2D eigenvalue weighted by Crippen LogP contribution is -1.96. The lowest BCUT2D eigenvalue weighted by atomic mass is 9.98. The van der Waals surface area contributed by atoms with E-state index in [1.54, 1.807) is 0 Å². The number of benzene rings is 1. The minimum absolute atomic E-state index is 0.00452. The fourth-order valence-corrected chi connectivity index (χ4v) is 1.82. The monoisotopic (exact) mass is 201 g/mol. The predicted octanol–water partition coefficient (Wildman–Crippen LogP) is 2.85. The summed E-state index contributed by atoms with van der Waals surface area (Å²) in [4.78, 5) is 4.39. The van der Waals surface area contributed by atoms with Gasteiger partial charge < -0.3 is 5.11 Å². The summed E-state index contributed by atoms with van der Waals surface area (Å²) < 4.78 is 0. The topological polar surface area (TPSA) is 33.1 Å². The number of fused-ring (bicyclic) bond motifs is 1. The quantitative estimate of drug-likeness (QED) is 0.810. The molecule has 0 unspecified atom stereocenters. The van der Waals surface area contributed by atoms with Crippen LogP contribution < -0.4 is 0 Å². The highest BCUT2D eigenvalue weighted by Crippen LogP contribution is 2.24. The summed E-state index contributed by atoms with van der Waals surface area (Å²) in [7, 11) is 0. The van der Waals surface area contributed by atoms with Crippen molar-refractivity contribution in [3.63, 3.8) is 0 Å². The molecule has 0 radical (unpaired) electrons. The maximum Gasteiger partial charge on any atom is 0.0853 e. The van der Waals surface area contributed by atoms with Crippen LogP contribution in [0.4, 0.5) is 0 Å². The summed E-state index contributed by atoms with van der Waals surface area (Å²) in [6.45, 7) is 4.32. The predicted molar refractivity (Wildman–Crippen MR) is 61.8 cm³/mol. The van der Waals surface area contributed by atoms with Crippen LogP contribution in [0.2, 0.25) is 0 Å². The van der Waals surface area contributed by atoms with Crippen LogP contribution in [-0.2, 0) is 6.61 Å². The smallest absolute Gasteiger partial charge is 0.0853 e. The Morgan fingerprint density at radius 3 is 2.67 bits per heavy atom. The highest BCUT2D eigenvalue weighted by Gasteiger charge is 2.07. The van der Waals surface area contributed by atoms with E-state index in [9.17, 15) is 0 Å². The minimum Gasteiger partial charge on any atom is -0.390 e. The van der Waals surface area contributed by atoms with Gasteiger partial charge in [0.1, 0.15) is 0 Å². The Hall–Kier alpha value is -1.41. The molecule has 0 fully saturated rings. The van der Waals surface area contributed by atoms with Crippen LogP contribution in [0.25, 0.3) is 10.9 Å². The van der Waals surface area contributed by atoms with E-state index in [1.807, 2.05) is 24.3 Å². The molecule has 1 heterocycles. The molecule has 0 saturated carbocycles. The van der Waals surface area contributed by atoms with Gasteiger partial charge in [-0.2, -0.15) is 0 Å². The summed E-state index contributed by atoms with van der Waals surface area (Å²) in [5.41, 5.74) is 2.97. The molecule has 1 N–H and O–H groups in total. The average molecular weight is 201 g/mol. The van der Waals surface area contributed by atoms with E-state index in [2.05, 4.69) is 24.9 Å². The Bertz CT molecular complexity index is 477. The minimum atomic E-state index is 0.00452. The molecule has 2 nitrogen and oxygen atoms in total. The number of aliphatic hydroxyl groups is 1. The number of hydrogen-bond acceptors (Lipinski definition) is 2. The fourth-order valence-electron chi connectivity index (χ4n) is 1.82. The van der Waals surface area contributed by atoms with Gasteiger partial charge >= 0.3 is 0 Å². The fraction of sp³-hybridized carbons (Fsp3) is 0.308.